The maximum Gasteiger partial charge on any atom is 0.573 e. The van der Waals surface area contributed by atoms with E-state index in [1.165, 1.54) is 35.4 Å². The molecule has 1 amide bonds. The van der Waals surface area contributed by atoms with E-state index in [1.54, 1.807) is 23.1 Å². The second kappa shape index (κ2) is 9.10. The van der Waals surface area contributed by atoms with Crippen molar-refractivity contribution < 1.29 is 22.7 Å². The molecule has 180 valence electrons. The Morgan fingerprint density at radius 3 is 2.66 bits per heavy atom. The first-order valence-corrected chi connectivity index (χ1v) is 11.6. The Morgan fingerprint density at radius 1 is 1.11 bits per heavy atom. The number of likely N-dealkylation sites (tertiary alicyclic amines) is 1. The van der Waals surface area contributed by atoms with Gasteiger partial charge in [0.15, 0.2) is 5.01 Å². The van der Waals surface area contributed by atoms with Crippen LogP contribution >= 0.6 is 11.3 Å². The van der Waals surface area contributed by atoms with E-state index in [0.29, 0.717) is 29.2 Å². The molecule has 4 aromatic rings. The Hall–Kier alpha value is -3.80. The highest BCUT2D eigenvalue weighted by Crippen LogP contribution is 2.40. The summed E-state index contributed by atoms with van der Waals surface area (Å²) in [5.41, 5.74) is 2.13. The molecular weight excluding hydrogens is 481 g/mol. The fourth-order valence-corrected chi connectivity index (χ4v) is 5.11. The molecule has 1 unspecified atom stereocenters. The molecule has 35 heavy (non-hydrogen) atoms. The number of rotatable bonds is 5. The average Bonchev–Trinajstić information content (AvgIpc) is 3.59. The maximum atomic E-state index is 13.7. The Balaban J connectivity index is 1.45. The molecule has 5 rings (SSSR count). The molecule has 8 nitrogen and oxygen atoms in total. The minimum atomic E-state index is -4.83. The van der Waals surface area contributed by atoms with Crippen molar-refractivity contribution in [1.29, 1.82) is 0 Å². The largest absolute Gasteiger partial charge is 0.573 e. The van der Waals surface area contributed by atoms with Crippen molar-refractivity contribution in [2.45, 2.75) is 32.2 Å². The van der Waals surface area contributed by atoms with Crippen LogP contribution in [0.2, 0.25) is 0 Å². The van der Waals surface area contributed by atoms with Crippen LogP contribution in [0.5, 0.6) is 5.75 Å². The minimum Gasteiger partial charge on any atom is -0.405 e. The van der Waals surface area contributed by atoms with Gasteiger partial charge < -0.3 is 9.64 Å². The lowest BCUT2D eigenvalue weighted by Gasteiger charge is -2.24. The summed E-state index contributed by atoms with van der Waals surface area (Å²) in [6, 6.07) is 10.9. The number of alkyl halides is 3. The molecule has 0 saturated carbocycles. The topological polar surface area (TPSA) is 86.0 Å². The first-order valence-electron chi connectivity index (χ1n) is 10.8. The van der Waals surface area contributed by atoms with Crippen LogP contribution < -0.4 is 4.74 Å². The second-order valence-electron chi connectivity index (χ2n) is 7.99. The SMILES string of the molecule is Cc1ccc(-n2nccn2)c(C(=O)N2CCCC2c2nnc(-c3ccccc3OC(F)(F)F)s2)c1. The van der Waals surface area contributed by atoms with Gasteiger partial charge in [0.2, 0.25) is 0 Å². The molecule has 1 aliphatic rings. The monoisotopic (exact) mass is 500 g/mol. The van der Waals surface area contributed by atoms with Crippen molar-refractivity contribution in [3.63, 3.8) is 0 Å². The normalized spacial score (nSPS) is 16.0. The van der Waals surface area contributed by atoms with Crippen molar-refractivity contribution in [2.24, 2.45) is 0 Å². The molecule has 0 bridgehead atoms. The molecule has 0 aliphatic carbocycles. The molecule has 2 aromatic carbocycles. The van der Waals surface area contributed by atoms with Crippen molar-refractivity contribution in [3.8, 4) is 22.0 Å². The molecule has 1 aliphatic heterocycles. The molecule has 0 spiro atoms. The van der Waals surface area contributed by atoms with E-state index in [9.17, 15) is 18.0 Å². The van der Waals surface area contributed by atoms with Crippen LogP contribution in [0.25, 0.3) is 16.3 Å². The average molecular weight is 501 g/mol. The van der Waals surface area contributed by atoms with E-state index in [0.717, 1.165) is 23.3 Å². The molecule has 12 heteroatoms. The Bertz CT molecular complexity index is 1360. The molecule has 0 N–H and O–H groups in total. The highest BCUT2D eigenvalue weighted by atomic mass is 32.1. The lowest BCUT2D eigenvalue weighted by molar-refractivity contribution is -0.274. The standard InChI is InChI=1S/C23H19F3N6O2S/c1-14-8-9-17(32-27-10-11-28-32)16(13-14)22(33)31-12-4-6-18(31)21-30-29-20(35-21)15-5-2-3-7-19(15)34-23(24,25)26/h2-3,5,7-11,13,18H,4,6,12H2,1H3. The van der Waals surface area contributed by atoms with E-state index in [1.807, 2.05) is 13.0 Å². The highest BCUT2D eigenvalue weighted by Gasteiger charge is 2.36. The Kier molecular flexibility index (Phi) is 5.97. The van der Waals surface area contributed by atoms with Crippen molar-refractivity contribution in [3.05, 3.63) is 71.0 Å². The zero-order valence-corrected chi connectivity index (χ0v) is 19.3. The predicted octanol–water partition coefficient (Wildman–Crippen LogP) is 4.97. The third-order valence-corrected chi connectivity index (χ3v) is 6.66. The summed E-state index contributed by atoms with van der Waals surface area (Å²) in [5, 5.41) is 17.5. The zero-order valence-electron chi connectivity index (χ0n) is 18.4. The van der Waals surface area contributed by atoms with Gasteiger partial charge in [0.1, 0.15) is 10.8 Å². The summed E-state index contributed by atoms with van der Waals surface area (Å²) in [6.07, 6.45) is -0.318. The number of nitrogens with zero attached hydrogens (tertiary/aromatic N) is 6. The Morgan fingerprint density at radius 2 is 1.89 bits per heavy atom. The quantitative estimate of drug-likeness (QED) is 0.385. The third-order valence-electron chi connectivity index (χ3n) is 5.60. The van der Waals surface area contributed by atoms with Crippen LogP contribution in [0, 0.1) is 6.92 Å². The van der Waals surface area contributed by atoms with Gasteiger partial charge in [0.25, 0.3) is 5.91 Å². The van der Waals surface area contributed by atoms with Crippen LogP contribution in [-0.2, 0) is 0 Å². The van der Waals surface area contributed by atoms with E-state index >= 15 is 0 Å². The highest BCUT2D eigenvalue weighted by molar-refractivity contribution is 7.14. The molecule has 2 aromatic heterocycles. The van der Waals surface area contributed by atoms with Gasteiger partial charge >= 0.3 is 6.36 Å². The smallest absolute Gasteiger partial charge is 0.405 e. The van der Waals surface area contributed by atoms with E-state index in [-0.39, 0.29) is 28.3 Å². The number of aromatic nitrogens is 5. The summed E-state index contributed by atoms with van der Waals surface area (Å²) in [5.74, 6) is -0.542. The molecule has 1 saturated heterocycles. The summed E-state index contributed by atoms with van der Waals surface area (Å²) >= 11 is 1.15. The van der Waals surface area contributed by atoms with Crippen LogP contribution in [-0.4, -0.2) is 48.9 Å². The first kappa shape index (κ1) is 23.0. The van der Waals surface area contributed by atoms with Gasteiger partial charge in [-0.25, -0.2) is 0 Å². The fourth-order valence-electron chi connectivity index (χ4n) is 4.09. The fraction of sp³-hybridized carbons (Fsp3) is 0.261. The zero-order chi connectivity index (χ0) is 24.6. The van der Waals surface area contributed by atoms with Gasteiger partial charge in [-0.1, -0.05) is 35.1 Å². The number of aryl methyl sites for hydroxylation is 1. The number of para-hydroxylation sites is 1. The molecule has 1 atom stereocenters. The predicted molar refractivity (Wildman–Crippen MR) is 121 cm³/mol. The van der Waals surface area contributed by atoms with E-state index < -0.39 is 6.36 Å². The van der Waals surface area contributed by atoms with Gasteiger partial charge in [-0.15, -0.1) is 23.4 Å². The number of carbonyl (C=O) groups excluding carboxylic acids is 1. The van der Waals surface area contributed by atoms with Gasteiger partial charge in [0.05, 0.1) is 35.2 Å². The Labute approximate surface area is 202 Å². The number of halogens is 3. The minimum absolute atomic E-state index is 0.190. The van der Waals surface area contributed by atoms with Crippen LogP contribution in [0.15, 0.2) is 54.9 Å². The van der Waals surface area contributed by atoms with Gasteiger partial charge in [-0.2, -0.15) is 15.0 Å². The maximum absolute atomic E-state index is 13.7. The number of ether oxygens (including phenoxy) is 1. The second-order valence-corrected chi connectivity index (χ2v) is 8.99. The van der Waals surface area contributed by atoms with Crippen molar-refractivity contribution in [2.75, 3.05) is 6.54 Å². The van der Waals surface area contributed by atoms with Crippen LogP contribution in [0.3, 0.4) is 0 Å². The summed E-state index contributed by atoms with van der Waals surface area (Å²) in [4.78, 5) is 16.8. The first-order chi connectivity index (χ1) is 16.8. The molecule has 0 radical (unpaired) electrons. The van der Waals surface area contributed by atoms with E-state index in [2.05, 4.69) is 25.1 Å². The lowest BCUT2D eigenvalue weighted by atomic mass is 10.1. The van der Waals surface area contributed by atoms with Crippen molar-refractivity contribution >= 4 is 17.2 Å². The summed E-state index contributed by atoms with van der Waals surface area (Å²) in [6.45, 7) is 2.42. The van der Waals surface area contributed by atoms with Crippen LogP contribution in [0.4, 0.5) is 13.2 Å². The number of carbonyl (C=O) groups is 1. The van der Waals surface area contributed by atoms with Gasteiger partial charge in [0, 0.05) is 6.54 Å². The summed E-state index contributed by atoms with van der Waals surface area (Å²) < 4.78 is 42.7. The van der Waals surface area contributed by atoms with Crippen LogP contribution in [0.1, 0.15) is 39.8 Å². The molecule has 1 fully saturated rings. The lowest BCUT2D eigenvalue weighted by Crippen LogP contribution is -2.31. The van der Waals surface area contributed by atoms with Gasteiger partial charge in [-0.05, 0) is 44.0 Å². The molecular formula is C23H19F3N6O2S. The van der Waals surface area contributed by atoms with Gasteiger partial charge in [-0.3, -0.25) is 4.79 Å². The van der Waals surface area contributed by atoms with E-state index in [4.69, 9.17) is 0 Å². The number of hydrogen-bond donors (Lipinski definition) is 0. The number of benzene rings is 2. The number of amides is 1. The van der Waals surface area contributed by atoms with Crippen molar-refractivity contribution in [1.82, 2.24) is 30.1 Å². The molecule has 3 heterocycles. The summed E-state index contributed by atoms with van der Waals surface area (Å²) in [7, 11) is 0. The number of hydrogen-bond acceptors (Lipinski definition) is 7. The third kappa shape index (κ3) is 4.74.